The molecule has 0 atom stereocenters. The largest absolute Gasteiger partial charge is 0.478 e. The van der Waals surface area contributed by atoms with E-state index in [2.05, 4.69) is 37.7 Å². The molecule has 0 unspecified atom stereocenters. The SMILES string of the molecule is CC(C1=NC(C)(C)CO1)C1=NC(C)(C)CO1. The molecule has 90 valence electrons. The molecule has 2 rings (SSSR count). The number of aliphatic imine (C=N–C) groups is 2. The van der Waals surface area contributed by atoms with Crippen LogP contribution in [-0.4, -0.2) is 36.1 Å². The molecule has 2 aliphatic rings. The van der Waals surface area contributed by atoms with Gasteiger partial charge in [-0.25, -0.2) is 9.98 Å². The first kappa shape index (κ1) is 11.4. The fraction of sp³-hybridized carbons (Fsp3) is 0.833. The van der Waals surface area contributed by atoms with Crippen LogP contribution in [0.15, 0.2) is 9.98 Å². The quantitative estimate of drug-likeness (QED) is 0.720. The summed E-state index contributed by atoms with van der Waals surface area (Å²) in [5, 5.41) is 0. The van der Waals surface area contributed by atoms with Crippen molar-refractivity contribution in [2.24, 2.45) is 15.9 Å². The topological polar surface area (TPSA) is 43.2 Å². The van der Waals surface area contributed by atoms with Gasteiger partial charge in [0, 0.05) is 0 Å². The lowest BCUT2D eigenvalue weighted by molar-refractivity contribution is 0.256. The van der Waals surface area contributed by atoms with Crippen molar-refractivity contribution < 1.29 is 9.47 Å². The number of rotatable bonds is 2. The summed E-state index contributed by atoms with van der Waals surface area (Å²) in [6.07, 6.45) is 0. The molecule has 0 radical (unpaired) electrons. The van der Waals surface area contributed by atoms with Crippen molar-refractivity contribution in [1.82, 2.24) is 0 Å². The van der Waals surface area contributed by atoms with E-state index in [0.29, 0.717) is 13.2 Å². The number of ether oxygens (including phenoxy) is 2. The van der Waals surface area contributed by atoms with E-state index in [1.54, 1.807) is 0 Å². The van der Waals surface area contributed by atoms with Crippen LogP contribution in [0.5, 0.6) is 0 Å². The molecule has 0 aromatic carbocycles. The smallest absolute Gasteiger partial charge is 0.196 e. The molecular weight excluding hydrogens is 204 g/mol. The van der Waals surface area contributed by atoms with Crippen molar-refractivity contribution in [2.45, 2.75) is 45.7 Å². The summed E-state index contributed by atoms with van der Waals surface area (Å²) in [4.78, 5) is 9.09. The van der Waals surface area contributed by atoms with Crippen molar-refractivity contribution in [2.75, 3.05) is 13.2 Å². The van der Waals surface area contributed by atoms with E-state index in [0.717, 1.165) is 11.8 Å². The Kier molecular flexibility index (Phi) is 2.48. The van der Waals surface area contributed by atoms with Gasteiger partial charge in [-0.1, -0.05) is 0 Å². The summed E-state index contributed by atoms with van der Waals surface area (Å²) >= 11 is 0. The Hall–Kier alpha value is -1.06. The van der Waals surface area contributed by atoms with Crippen molar-refractivity contribution in [3.8, 4) is 0 Å². The first-order valence-electron chi connectivity index (χ1n) is 5.74. The second-order valence-electron chi connectivity index (χ2n) is 5.82. The molecule has 2 aliphatic heterocycles. The number of nitrogens with zero attached hydrogens (tertiary/aromatic N) is 2. The summed E-state index contributed by atoms with van der Waals surface area (Å²) < 4.78 is 11.2. The number of hydrogen-bond donors (Lipinski definition) is 0. The van der Waals surface area contributed by atoms with Gasteiger partial charge in [0.1, 0.15) is 19.1 Å². The Balaban J connectivity index is 2.13. The maximum absolute atomic E-state index is 5.60. The lowest BCUT2D eigenvalue weighted by atomic mass is 10.1. The average Bonchev–Trinajstić information content (AvgIpc) is 2.68. The maximum atomic E-state index is 5.60. The monoisotopic (exact) mass is 224 g/mol. The van der Waals surface area contributed by atoms with Gasteiger partial charge in [0.25, 0.3) is 0 Å². The number of hydrogen-bond acceptors (Lipinski definition) is 4. The molecule has 0 aliphatic carbocycles. The Morgan fingerprint density at radius 2 is 1.31 bits per heavy atom. The van der Waals surface area contributed by atoms with E-state index in [-0.39, 0.29) is 17.0 Å². The molecule has 0 aromatic heterocycles. The van der Waals surface area contributed by atoms with Crippen LogP contribution in [0.4, 0.5) is 0 Å². The highest BCUT2D eigenvalue weighted by Gasteiger charge is 2.36. The van der Waals surface area contributed by atoms with Gasteiger partial charge in [-0.2, -0.15) is 0 Å². The van der Waals surface area contributed by atoms with Gasteiger partial charge in [0.2, 0.25) is 0 Å². The average molecular weight is 224 g/mol. The predicted molar refractivity (Wildman–Crippen MR) is 64.1 cm³/mol. The van der Waals surface area contributed by atoms with E-state index in [4.69, 9.17) is 9.47 Å². The first-order chi connectivity index (χ1) is 7.29. The highest BCUT2D eigenvalue weighted by molar-refractivity contribution is 6.01. The third kappa shape index (κ3) is 2.20. The molecule has 4 nitrogen and oxygen atoms in total. The van der Waals surface area contributed by atoms with Gasteiger partial charge < -0.3 is 9.47 Å². The highest BCUT2D eigenvalue weighted by Crippen LogP contribution is 2.25. The normalized spacial score (nSPS) is 26.1. The zero-order valence-electron chi connectivity index (χ0n) is 10.7. The predicted octanol–water partition coefficient (Wildman–Crippen LogP) is 2.04. The Morgan fingerprint density at radius 1 is 0.938 bits per heavy atom. The Labute approximate surface area is 96.8 Å². The van der Waals surface area contributed by atoms with Gasteiger partial charge in [-0.3, -0.25) is 0 Å². The van der Waals surface area contributed by atoms with Crippen LogP contribution in [0, 0.1) is 5.92 Å². The molecule has 0 aromatic rings. The molecule has 16 heavy (non-hydrogen) atoms. The van der Waals surface area contributed by atoms with Gasteiger partial charge >= 0.3 is 0 Å². The second kappa shape index (κ2) is 3.47. The summed E-state index contributed by atoms with van der Waals surface area (Å²) in [5.41, 5.74) is -0.226. The molecule has 0 N–H and O–H groups in total. The van der Waals surface area contributed by atoms with Crippen LogP contribution < -0.4 is 0 Å². The molecule has 0 bridgehead atoms. The fourth-order valence-electron chi connectivity index (χ4n) is 1.78. The van der Waals surface area contributed by atoms with E-state index in [1.165, 1.54) is 0 Å². The molecule has 0 spiro atoms. The zero-order valence-corrected chi connectivity index (χ0v) is 10.7. The molecule has 0 fully saturated rings. The van der Waals surface area contributed by atoms with Crippen molar-refractivity contribution >= 4 is 11.8 Å². The lowest BCUT2D eigenvalue weighted by Gasteiger charge is -2.10. The van der Waals surface area contributed by atoms with Crippen molar-refractivity contribution in [3.63, 3.8) is 0 Å². The summed E-state index contributed by atoms with van der Waals surface area (Å²) in [5.74, 6) is 1.53. The molecule has 0 saturated heterocycles. The second-order valence-corrected chi connectivity index (χ2v) is 5.82. The van der Waals surface area contributed by atoms with Crippen LogP contribution in [-0.2, 0) is 9.47 Å². The molecular formula is C12H20N2O2. The van der Waals surface area contributed by atoms with Gasteiger partial charge in [-0.15, -0.1) is 0 Å². The van der Waals surface area contributed by atoms with Gasteiger partial charge in [0.15, 0.2) is 11.8 Å². The summed E-state index contributed by atoms with van der Waals surface area (Å²) in [6.45, 7) is 11.6. The molecule has 0 amide bonds. The van der Waals surface area contributed by atoms with E-state index < -0.39 is 0 Å². The van der Waals surface area contributed by atoms with Crippen molar-refractivity contribution in [3.05, 3.63) is 0 Å². The summed E-state index contributed by atoms with van der Waals surface area (Å²) in [7, 11) is 0. The maximum Gasteiger partial charge on any atom is 0.196 e. The third-order valence-corrected chi connectivity index (χ3v) is 2.71. The fourth-order valence-corrected chi connectivity index (χ4v) is 1.78. The van der Waals surface area contributed by atoms with Crippen LogP contribution in [0.3, 0.4) is 0 Å². The lowest BCUT2D eigenvalue weighted by Crippen LogP contribution is -2.21. The minimum absolute atomic E-state index is 0.0311. The van der Waals surface area contributed by atoms with Crippen LogP contribution in [0.1, 0.15) is 34.6 Å². The Morgan fingerprint density at radius 3 is 1.56 bits per heavy atom. The van der Waals surface area contributed by atoms with E-state index in [1.807, 2.05) is 6.92 Å². The molecule has 4 heteroatoms. The van der Waals surface area contributed by atoms with E-state index >= 15 is 0 Å². The standard InChI is InChI=1S/C12H20N2O2/c1-8(9-13-11(2,3)6-15-9)10-14-12(4,5)7-16-10/h8H,6-7H2,1-5H3. The van der Waals surface area contributed by atoms with Crippen LogP contribution >= 0.6 is 0 Å². The third-order valence-electron chi connectivity index (χ3n) is 2.71. The zero-order chi connectivity index (χ0) is 12.0. The minimum Gasteiger partial charge on any atom is -0.478 e. The summed E-state index contributed by atoms with van der Waals surface area (Å²) in [6, 6.07) is 0. The first-order valence-corrected chi connectivity index (χ1v) is 5.74. The van der Waals surface area contributed by atoms with E-state index in [9.17, 15) is 0 Å². The molecule has 0 saturated carbocycles. The van der Waals surface area contributed by atoms with Gasteiger partial charge in [-0.05, 0) is 34.6 Å². The van der Waals surface area contributed by atoms with Crippen LogP contribution in [0.25, 0.3) is 0 Å². The van der Waals surface area contributed by atoms with Gasteiger partial charge in [0.05, 0.1) is 11.1 Å². The minimum atomic E-state index is -0.113. The van der Waals surface area contributed by atoms with Crippen molar-refractivity contribution in [1.29, 1.82) is 0 Å². The Bertz CT molecular complexity index is 322. The molecule has 2 heterocycles. The van der Waals surface area contributed by atoms with Crippen LogP contribution in [0.2, 0.25) is 0 Å². The highest BCUT2D eigenvalue weighted by atomic mass is 16.5.